The van der Waals surface area contributed by atoms with Crippen molar-refractivity contribution in [3.05, 3.63) is 47.7 Å². The van der Waals surface area contributed by atoms with Gasteiger partial charge >= 0.3 is 0 Å². The summed E-state index contributed by atoms with van der Waals surface area (Å²) in [6.45, 7) is 7.12. The van der Waals surface area contributed by atoms with Gasteiger partial charge in [0.05, 0.1) is 11.0 Å². The Morgan fingerprint density at radius 1 is 1.12 bits per heavy atom. The minimum absolute atomic E-state index is 0.338. The van der Waals surface area contributed by atoms with Gasteiger partial charge in [0.25, 0.3) is 0 Å². The first-order valence-corrected chi connectivity index (χ1v) is 8.54. The van der Waals surface area contributed by atoms with Gasteiger partial charge in [-0.3, -0.25) is 0 Å². The molecule has 5 heteroatoms. The first kappa shape index (κ1) is 16.4. The lowest BCUT2D eigenvalue weighted by molar-refractivity contribution is 0.745. The van der Waals surface area contributed by atoms with Crippen molar-refractivity contribution >= 4 is 16.9 Å². The van der Waals surface area contributed by atoms with Crippen LogP contribution in [0.4, 0.5) is 5.82 Å². The lowest BCUT2D eigenvalue weighted by Crippen LogP contribution is -2.09. The number of nitrogens with zero attached hydrogens (tertiary/aromatic N) is 4. The predicted molar refractivity (Wildman–Crippen MR) is 98.4 cm³/mol. The van der Waals surface area contributed by atoms with Crippen molar-refractivity contribution < 1.29 is 0 Å². The molecule has 0 saturated carbocycles. The van der Waals surface area contributed by atoms with E-state index in [4.69, 9.17) is 4.98 Å². The van der Waals surface area contributed by atoms with Crippen molar-refractivity contribution in [1.82, 2.24) is 19.5 Å². The molecule has 0 spiro atoms. The van der Waals surface area contributed by atoms with Gasteiger partial charge in [0.15, 0.2) is 0 Å². The molecule has 0 unspecified atom stereocenters. The van der Waals surface area contributed by atoms with E-state index in [0.29, 0.717) is 5.92 Å². The zero-order valence-corrected chi connectivity index (χ0v) is 14.9. The SMILES string of the molecule is Cc1cc(NCCCc2nc3ccccc3n2C)nc(C(C)C)n1. The molecule has 126 valence electrons. The van der Waals surface area contributed by atoms with Crippen LogP contribution in [0.15, 0.2) is 30.3 Å². The standard InChI is InChI=1S/C19H25N5/c1-13(2)19-21-14(3)12-17(23-19)20-11-7-10-18-22-15-8-5-6-9-16(15)24(18)4/h5-6,8-9,12-13H,7,10-11H2,1-4H3,(H,20,21,23). The summed E-state index contributed by atoms with van der Waals surface area (Å²) in [5.41, 5.74) is 3.26. The number of rotatable bonds is 6. The highest BCUT2D eigenvalue weighted by molar-refractivity contribution is 5.75. The van der Waals surface area contributed by atoms with Gasteiger partial charge in [0.1, 0.15) is 17.5 Å². The van der Waals surface area contributed by atoms with E-state index in [9.17, 15) is 0 Å². The quantitative estimate of drug-likeness (QED) is 0.700. The molecule has 0 atom stereocenters. The molecule has 0 aliphatic heterocycles. The fourth-order valence-corrected chi connectivity index (χ4v) is 2.82. The van der Waals surface area contributed by atoms with Gasteiger partial charge < -0.3 is 9.88 Å². The summed E-state index contributed by atoms with van der Waals surface area (Å²) < 4.78 is 2.18. The Labute approximate surface area is 143 Å². The van der Waals surface area contributed by atoms with Gasteiger partial charge in [0.2, 0.25) is 0 Å². The van der Waals surface area contributed by atoms with Crippen molar-refractivity contribution in [2.45, 2.75) is 39.5 Å². The normalized spacial score (nSPS) is 11.4. The van der Waals surface area contributed by atoms with Crippen LogP contribution >= 0.6 is 0 Å². The largest absolute Gasteiger partial charge is 0.370 e. The van der Waals surface area contributed by atoms with Gasteiger partial charge in [-0.2, -0.15) is 0 Å². The number of aryl methyl sites for hydroxylation is 3. The molecule has 3 aromatic rings. The molecule has 0 saturated heterocycles. The van der Waals surface area contributed by atoms with Gasteiger partial charge in [-0.25, -0.2) is 15.0 Å². The Morgan fingerprint density at radius 2 is 1.92 bits per heavy atom. The smallest absolute Gasteiger partial charge is 0.133 e. The van der Waals surface area contributed by atoms with E-state index in [1.54, 1.807) is 0 Å². The summed E-state index contributed by atoms with van der Waals surface area (Å²) >= 11 is 0. The monoisotopic (exact) mass is 323 g/mol. The zero-order chi connectivity index (χ0) is 17.1. The van der Waals surface area contributed by atoms with E-state index >= 15 is 0 Å². The number of para-hydroxylation sites is 2. The van der Waals surface area contributed by atoms with Crippen LogP contribution in [0.1, 0.15) is 43.5 Å². The third-order valence-corrected chi connectivity index (χ3v) is 4.15. The van der Waals surface area contributed by atoms with Crippen molar-refractivity contribution in [2.24, 2.45) is 7.05 Å². The lowest BCUT2D eigenvalue weighted by atomic mass is 10.2. The highest BCUT2D eigenvalue weighted by atomic mass is 15.1. The lowest BCUT2D eigenvalue weighted by Gasteiger charge is -2.10. The average Bonchev–Trinajstić information content (AvgIpc) is 2.88. The first-order valence-electron chi connectivity index (χ1n) is 8.54. The third-order valence-electron chi connectivity index (χ3n) is 4.15. The van der Waals surface area contributed by atoms with E-state index in [1.807, 2.05) is 19.1 Å². The summed E-state index contributed by atoms with van der Waals surface area (Å²) in [7, 11) is 2.08. The number of imidazole rings is 1. The van der Waals surface area contributed by atoms with E-state index in [-0.39, 0.29) is 0 Å². The minimum Gasteiger partial charge on any atom is -0.370 e. The molecular formula is C19H25N5. The molecule has 0 amide bonds. The van der Waals surface area contributed by atoms with Crippen LogP contribution in [-0.2, 0) is 13.5 Å². The molecule has 0 aliphatic rings. The number of hydrogen-bond acceptors (Lipinski definition) is 4. The van der Waals surface area contributed by atoms with E-state index in [1.165, 1.54) is 5.52 Å². The van der Waals surface area contributed by atoms with E-state index in [0.717, 1.165) is 48.1 Å². The van der Waals surface area contributed by atoms with Crippen molar-refractivity contribution in [2.75, 3.05) is 11.9 Å². The highest BCUT2D eigenvalue weighted by Crippen LogP contribution is 2.16. The van der Waals surface area contributed by atoms with Crippen LogP contribution in [0.5, 0.6) is 0 Å². The van der Waals surface area contributed by atoms with Crippen molar-refractivity contribution in [3.8, 4) is 0 Å². The molecule has 0 aliphatic carbocycles. The molecule has 2 heterocycles. The topological polar surface area (TPSA) is 55.6 Å². The van der Waals surface area contributed by atoms with Gasteiger partial charge in [-0.15, -0.1) is 0 Å². The molecule has 2 aromatic heterocycles. The fraction of sp³-hybridized carbons (Fsp3) is 0.421. The Bertz CT molecular complexity index is 835. The number of fused-ring (bicyclic) bond motifs is 1. The Hall–Kier alpha value is -2.43. The van der Waals surface area contributed by atoms with Crippen LogP contribution in [0.3, 0.4) is 0 Å². The molecule has 0 bridgehead atoms. The van der Waals surface area contributed by atoms with Gasteiger partial charge in [-0.1, -0.05) is 26.0 Å². The number of nitrogens with one attached hydrogen (secondary N) is 1. The second-order valence-electron chi connectivity index (χ2n) is 6.51. The maximum Gasteiger partial charge on any atom is 0.133 e. The van der Waals surface area contributed by atoms with Crippen LogP contribution in [0.25, 0.3) is 11.0 Å². The Morgan fingerprint density at radius 3 is 2.67 bits per heavy atom. The number of anilines is 1. The second-order valence-corrected chi connectivity index (χ2v) is 6.51. The summed E-state index contributed by atoms with van der Waals surface area (Å²) in [5, 5.41) is 3.42. The van der Waals surface area contributed by atoms with Gasteiger partial charge in [-0.05, 0) is 25.5 Å². The molecule has 0 radical (unpaired) electrons. The second kappa shape index (κ2) is 6.99. The zero-order valence-electron chi connectivity index (χ0n) is 14.9. The summed E-state index contributed by atoms with van der Waals surface area (Å²) in [6.07, 6.45) is 1.95. The molecule has 5 nitrogen and oxygen atoms in total. The Kier molecular flexibility index (Phi) is 4.79. The van der Waals surface area contributed by atoms with Crippen LogP contribution in [0, 0.1) is 6.92 Å². The molecule has 3 rings (SSSR count). The maximum absolute atomic E-state index is 4.72. The van der Waals surface area contributed by atoms with Crippen LogP contribution in [0.2, 0.25) is 0 Å². The van der Waals surface area contributed by atoms with Gasteiger partial charge in [0, 0.05) is 37.7 Å². The number of benzene rings is 1. The highest BCUT2D eigenvalue weighted by Gasteiger charge is 2.08. The molecule has 0 fully saturated rings. The molecular weight excluding hydrogens is 298 g/mol. The fourth-order valence-electron chi connectivity index (χ4n) is 2.82. The first-order chi connectivity index (χ1) is 11.5. The minimum atomic E-state index is 0.338. The summed E-state index contributed by atoms with van der Waals surface area (Å²) in [6, 6.07) is 10.3. The van der Waals surface area contributed by atoms with Crippen molar-refractivity contribution in [3.63, 3.8) is 0 Å². The summed E-state index contributed by atoms with van der Waals surface area (Å²) in [5.74, 6) is 3.27. The Balaban J connectivity index is 1.60. The molecule has 1 aromatic carbocycles. The number of hydrogen-bond donors (Lipinski definition) is 1. The predicted octanol–water partition coefficient (Wildman–Crippen LogP) is 3.84. The summed E-state index contributed by atoms with van der Waals surface area (Å²) in [4.78, 5) is 13.8. The molecule has 24 heavy (non-hydrogen) atoms. The van der Waals surface area contributed by atoms with Crippen LogP contribution in [-0.4, -0.2) is 26.1 Å². The average molecular weight is 323 g/mol. The van der Waals surface area contributed by atoms with E-state index in [2.05, 4.69) is 58.9 Å². The van der Waals surface area contributed by atoms with Crippen molar-refractivity contribution in [1.29, 1.82) is 0 Å². The molecule has 1 N–H and O–H groups in total. The number of aromatic nitrogens is 4. The van der Waals surface area contributed by atoms with Crippen LogP contribution < -0.4 is 5.32 Å². The van der Waals surface area contributed by atoms with E-state index < -0.39 is 0 Å². The maximum atomic E-state index is 4.72. The third kappa shape index (κ3) is 3.55.